The largest absolute Gasteiger partial charge is 0.494 e. The zero-order valence-electron chi connectivity index (χ0n) is 14.2. The van der Waals surface area contributed by atoms with Crippen molar-refractivity contribution in [3.8, 4) is 5.75 Å². The van der Waals surface area contributed by atoms with E-state index in [1.54, 1.807) is 19.1 Å². The Morgan fingerprint density at radius 1 is 1.35 bits per heavy atom. The molecule has 0 bridgehead atoms. The predicted octanol–water partition coefficient (Wildman–Crippen LogP) is 2.99. The third-order valence-electron chi connectivity index (χ3n) is 4.09. The van der Waals surface area contributed by atoms with Crippen molar-refractivity contribution in [2.24, 2.45) is 5.92 Å². The molecule has 0 heterocycles. The lowest BCUT2D eigenvalue weighted by Gasteiger charge is -2.21. The number of halogens is 1. The molecule has 0 saturated heterocycles. The van der Waals surface area contributed by atoms with Crippen LogP contribution in [0.5, 0.6) is 5.75 Å². The number of rotatable bonds is 8. The van der Waals surface area contributed by atoms with Crippen molar-refractivity contribution in [3.05, 3.63) is 29.6 Å². The van der Waals surface area contributed by atoms with Crippen LogP contribution in [0.25, 0.3) is 0 Å². The summed E-state index contributed by atoms with van der Waals surface area (Å²) >= 11 is 0. The summed E-state index contributed by atoms with van der Waals surface area (Å²) in [6, 6.07) is 3.78. The monoisotopic (exact) mass is 326 g/mol. The first-order chi connectivity index (χ1) is 10.9. The molecule has 5 nitrogen and oxygen atoms in total. The van der Waals surface area contributed by atoms with Crippen molar-refractivity contribution >= 4 is 6.03 Å². The molecule has 0 aromatic heterocycles. The minimum Gasteiger partial charge on any atom is -0.494 e. The van der Waals surface area contributed by atoms with Crippen molar-refractivity contribution in [1.82, 2.24) is 10.6 Å². The first-order valence-electron chi connectivity index (χ1n) is 7.98. The molecule has 1 rings (SSSR count). The lowest BCUT2D eigenvalue weighted by Crippen LogP contribution is -2.42. The van der Waals surface area contributed by atoms with Gasteiger partial charge in [0.1, 0.15) is 0 Å². The highest BCUT2D eigenvalue weighted by molar-refractivity contribution is 5.74. The Kier molecular flexibility index (Phi) is 7.81. The summed E-state index contributed by atoms with van der Waals surface area (Å²) in [5.74, 6) is -0.129. The lowest BCUT2D eigenvalue weighted by atomic mass is 9.97. The van der Waals surface area contributed by atoms with Crippen LogP contribution in [0.3, 0.4) is 0 Å². The van der Waals surface area contributed by atoms with Crippen LogP contribution in [0, 0.1) is 11.7 Å². The van der Waals surface area contributed by atoms with Crippen molar-refractivity contribution in [1.29, 1.82) is 0 Å². The average molecular weight is 326 g/mol. The number of methoxy groups -OCH3 is 1. The van der Waals surface area contributed by atoms with E-state index in [2.05, 4.69) is 10.6 Å². The molecule has 2 atom stereocenters. The van der Waals surface area contributed by atoms with Gasteiger partial charge in [-0.15, -0.1) is 0 Å². The van der Waals surface area contributed by atoms with Crippen LogP contribution < -0.4 is 15.4 Å². The first-order valence-corrected chi connectivity index (χ1v) is 7.98. The van der Waals surface area contributed by atoms with Crippen LogP contribution in [0.4, 0.5) is 9.18 Å². The van der Waals surface area contributed by atoms with Crippen molar-refractivity contribution in [2.75, 3.05) is 13.7 Å². The zero-order valence-corrected chi connectivity index (χ0v) is 14.2. The minimum absolute atomic E-state index is 0.140. The van der Waals surface area contributed by atoms with E-state index in [0.29, 0.717) is 0 Å². The summed E-state index contributed by atoms with van der Waals surface area (Å²) in [5.41, 5.74) is 0.735. The normalized spacial score (nSPS) is 13.5. The van der Waals surface area contributed by atoms with E-state index in [1.807, 2.05) is 13.8 Å². The Hall–Kier alpha value is -1.82. The standard InChI is InChI=1S/C17H27FN2O3/c1-5-12(6-2)15(21)10-19-17(22)20-11(3)13-7-8-14(18)16(9-13)23-4/h7-9,11-12,15,21H,5-6,10H2,1-4H3,(H2,19,20,22). The molecule has 1 aromatic rings. The van der Waals surface area contributed by atoms with Gasteiger partial charge in [-0.05, 0) is 30.5 Å². The van der Waals surface area contributed by atoms with E-state index >= 15 is 0 Å². The fourth-order valence-corrected chi connectivity index (χ4v) is 2.47. The topological polar surface area (TPSA) is 70.6 Å². The summed E-state index contributed by atoms with van der Waals surface area (Å²) in [7, 11) is 1.40. The molecule has 0 aliphatic carbocycles. The van der Waals surface area contributed by atoms with Crippen molar-refractivity contribution < 1.29 is 19.0 Å². The molecule has 2 amide bonds. The molecule has 130 valence electrons. The molecule has 0 aliphatic heterocycles. The number of carbonyl (C=O) groups is 1. The number of amides is 2. The quantitative estimate of drug-likeness (QED) is 0.688. The highest BCUT2D eigenvalue weighted by Gasteiger charge is 2.17. The van der Waals surface area contributed by atoms with Gasteiger partial charge >= 0.3 is 6.03 Å². The summed E-state index contributed by atoms with van der Waals surface area (Å²) in [6.07, 6.45) is 1.18. The third kappa shape index (κ3) is 5.71. The molecule has 3 N–H and O–H groups in total. The molecule has 1 aromatic carbocycles. The van der Waals surface area contributed by atoms with Gasteiger partial charge < -0.3 is 20.5 Å². The Balaban J connectivity index is 2.53. The number of urea groups is 1. The fraction of sp³-hybridized carbons (Fsp3) is 0.588. The molecule has 2 unspecified atom stereocenters. The number of carbonyl (C=O) groups excluding carboxylic acids is 1. The Labute approximate surface area is 137 Å². The van der Waals surface area contributed by atoms with Gasteiger partial charge in [0, 0.05) is 6.54 Å². The number of nitrogens with one attached hydrogen (secondary N) is 2. The van der Waals surface area contributed by atoms with E-state index in [-0.39, 0.29) is 30.3 Å². The Bertz CT molecular complexity index is 507. The van der Waals surface area contributed by atoms with E-state index in [9.17, 15) is 14.3 Å². The Morgan fingerprint density at radius 3 is 2.57 bits per heavy atom. The smallest absolute Gasteiger partial charge is 0.315 e. The summed E-state index contributed by atoms with van der Waals surface area (Å²) in [5, 5.41) is 15.4. The molecule has 0 spiro atoms. The van der Waals surface area contributed by atoms with Gasteiger partial charge in [0.25, 0.3) is 0 Å². The van der Waals surface area contributed by atoms with Crippen LogP contribution in [-0.4, -0.2) is 30.9 Å². The van der Waals surface area contributed by atoms with Crippen molar-refractivity contribution in [2.45, 2.75) is 45.8 Å². The van der Waals surface area contributed by atoms with Gasteiger partial charge in [0.2, 0.25) is 0 Å². The summed E-state index contributed by atoms with van der Waals surface area (Å²) in [4.78, 5) is 11.9. The highest BCUT2D eigenvalue weighted by Crippen LogP contribution is 2.22. The molecule has 6 heteroatoms. The highest BCUT2D eigenvalue weighted by atomic mass is 19.1. The number of benzene rings is 1. The van der Waals surface area contributed by atoms with Gasteiger partial charge in [-0.3, -0.25) is 0 Å². The minimum atomic E-state index is -0.558. The second kappa shape index (κ2) is 9.35. The maximum Gasteiger partial charge on any atom is 0.315 e. The van der Waals surface area contributed by atoms with E-state index < -0.39 is 11.9 Å². The molecule has 0 aliphatic rings. The van der Waals surface area contributed by atoms with Crippen LogP contribution >= 0.6 is 0 Å². The maximum absolute atomic E-state index is 13.4. The number of hydrogen-bond donors (Lipinski definition) is 3. The zero-order chi connectivity index (χ0) is 17.4. The second-order valence-electron chi connectivity index (χ2n) is 5.61. The number of aliphatic hydroxyl groups excluding tert-OH is 1. The fourth-order valence-electron chi connectivity index (χ4n) is 2.47. The number of aliphatic hydroxyl groups is 1. The second-order valence-corrected chi connectivity index (χ2v) is 5.61. The predicted molar refractivity (Wildman–Crippen MR) is 88.0 cm³/mol. The van der Waals surface area contributed by atoms with Gasteiger partial charge in [-0.25, -0.2) is 9.18 Å². The summed E-state index contributed by atoms with van der Waals surface area (Å²) < 4.78 is 18.3. The van der Waals surface area contributed by atoms with Gasteiger partial charge in [0.05, 0.1) is 19.3 Å². The first kappa shape index (κ1) is 19.2. The van der Waals surface area contributed by atoms with Crippen LogP contribution in [0.2, 0.25) is 0 Å². The van der Waals surface area contributed by atoms with Crippen LogP contribution in [0.1, 0.15) is 45.2 Å². The number of hydrogen-bond acceptors (Lipinski definition) is 3. The molecular formula is C17H27FN2O3. The van der Waals surface area contributed by atoms with E-state index in [4.69, 9.17) is 4.74 Å². The molecule has 0 radical (unpaired) electrons. The van der Waals surface area contributed by atoms with Gasteiger partial charge in [-0.1, -0.05) is 32.8 Å². The molecule has 0 fully saturated rings. The number of ether oxygens (including phenoxy) is 1. The molecular weight excluding hydrogens is 299 g/mol. The average Bonchev–Trinajstić information content (AvgIpc) is 2.54. The third-order valence-corrected chi connectivity index (χ3v) is 4.09. The van der Waals surface area contributed by atoms with Gasteiger partial charge in [-0.2, -0.15) is 0 Å². The van der Waals surface area contributed by atoms with E-state index in [0.717, 1.165) is 18.4 Å². The van der Waals surface area contributed by atoms with Gasteiger partial charge in [0.15, 0.2) is 11.6 Å². The molecule has 0 saturated carbocycles. The maximum atomic E-state index is 13.4. The van der Waals surface area contributed by atoms with Crippen molar-refractivity contribution in [3.63, 3.8) is 0 Å². The molecule has 23 heavy (non-hydrogen) atoms. The summed E-state index contributed by atoms with van der Waals surface area (Å²) in [6.45, 7) is 6.03. The van der Waals surface area contributed by atoms with Crippen LogP contribution in [-0.2, 0) is 0 Å². The SMILES string of the molecule is CCC(CC)C(O)CNC(=O)NC(C)c1ccc(F)c(OC)c1. The Morgan fingerprint density at radius 2 is 2.00 bits per heavy atom. The van der Waals surface area contributed by atoms with Crippen LogP contribution in [0.15, 0.2) is 18.2 Å². The lowest BCUT2D eigenvalue weighted by molar-refractivity contribution is 0.103. The van der Waals surface area contributed by atoms with E-state index in [1.165, 1.54) is 13.2 Å².